The van der Waals surface area contributed by atoms with Crippen LogP contribution in [0.25, 0.3) is 0 Å². The molecule has 0 spiro atoms. The maximum absolute atomic E-state index is 12.2. The van der Waals surface area contributed by atoms with E-state index in [4.69, 9.17) is 14.5 Å². The van der Waals surface area contributed by atoms with Gasteiger partial charge in [0.05, 0.1) is 12.2 Å². The Labute approximate surface area is 121 Å². The first kappa shape index (κ1) is 16.7. The van der Waals surface area contributed by atoms with Crippen molar-refractivity contribution in [2.75, 3.05) is 13.7 Å². The predicted octanol–water partition coefficient (Wildman–Crippen LogP) is 3.52. The van der Waals surface area contributed by atoms with Crippen molar-refractivity contribution in [3.63, 3.8) is 0 Å². The first-order valence-corrected chi connectivity index (χ1v) is 6.58. The van der Waals surface area contributed by atoms with Gasteiger partial charge in [-0.1, -0.05) is 0 Å². The molecular weight excluding hydrogens is 256 g/mol. The standard InChI is InChI=1S/C16H23O4/c1-9(8-18-7)19-20-16(17)15-13(5)11(3)10(2)12(4)14(15)6/h8H2,1-7H3. The summed E-state index contributed by atoms with van der Waals surface area (Å²) in [4.78, 5) is 22.1. The smallest absolute Gasteiger partial charge is 0.373 e. The van der Waals surface area contributed by atoms with E-state index in [-0.39, 0.29) is 6.61 Å². The normalized spacial score (nSPS) is 11.0. The Morgan fingerprint density at radius 3 is 1.75 bits per heavy atom. The van der Waals surface area contributed by atoms with Gasteiger partial charge in [0.15, 0.2) is 6.10 Å². The summed E-state index contributed by atoms with van der Waals surface area (Å²) in [5.41, 5.74) is 5.87. The van der Waals surface area contributed by atoms with Gasteiger partial charge in [-0.2, -0.15) is 4.89 Å². The van der Waals surface area contributed by atoms with Gasteiger partial charge in [-0.05, 0) is 69.4 Å². The van der Waals surface area contributed by atoms with E-state index in [0.29, 0.717) is 11.7 Å². The molecule has 0 saturated heterocycles. The van der Waals surface area contributed by atoms with Gasteiger partial charge in [-0.25, -0.2) is 4.79 Å². The van der Waals surface area contributed by atoms with Gasteiger partial charge in [0, 0.05) is 7.11 Å². The lowest BCUT2D eigenvalue weighted by atomic mass is 9.90. The Bertz CT molecular complexity index is 477. The van der Waals surface area contributed by atoms with E-state index in [1.165, 1.54) is 5.56 Å². The maximum atomic E-state index is 12.2. The average molecular weight is 279 g/mol. The molecule has 20 heavy (non-hydrogen) atoms. The van der Waals surface area contributed by atoms with E-state index in [0.717, 1.165) is 22.3 Å². The van der Waals surface area contributed by atoms with Crippen LogP contribution in [0.1, 0.15) is 45.1 Å². The molecule has 0 fully saturated rings. The van der Waals surface area contributed by atoms with Crippen LogP contribution in [-0.2, 0) is 14.5 Å². The van der Waals surface area contributed by atoms with Gasteiger partial charge in [-0.15, -0.1) is 0 Å². The highest BCUT2D eigenvalue weighted by Gasteiger charge is 2.21. The molecule has 0 saturated carbocycles. The minimum atomic E-state index is -0.471. The van der Waals surface area contributed by atoms with E-state index in [1.807, 2.05) is 27.7 Å². The molecule has 1 aromatic carbocycles. The molecule has 111 valence electrons. The Balaban J connectivity index is 3.00. The highest BCUT2D eigenvalue weighted by Crippen LogP contribution is 2.26. The molecule has 4 nitrogen and oxygen atoms in total. The van der Waals surface area contributed by atoms with Crippen LogP contribution >= 0.6 is 0 Å². The molecule has 0 aliphatic heterocycles. The molecular formula is C16H23O4. The molecule has 1 radical (unpaired) electrons. The molecule has 0 aliphatic carbocycles. The summed E-state index contributed by atoms with van der Waals surface area (Å²) in [6.07, 6.45) is 0.497. The quantitative estimate of drug-likeness (QED) is 0.611. The van der Waals surface area contributed by atoms with Crippen LogP contribution < -0.4 is 0 Å². The summed E-state index contributed by atoms with van der Waals surface area (Å²) in [6.45, 7) is 11.9. The first-order chi connectivity index (χ1) is 9.31. The Morgan fingerprint density at radius 2 is 1.30 bits per heavy atom. The lowest BCUT2D eigenvalue weighted by molar-refractivity contribution is -0.237. The molecule has 0 atom stereocenters. The maximum Gasteiger partial charge on any atom is 0.373 e. The fourth-order valence-electron chi connectivity index (χ4n) is 2.18. The SMILES string of the molecule is COC[C](C)OOC(=O)c1c(C)c(C)c(C)c(C)c1C. The molecule has 1 aromatic rings. The minimum absolute atomic E-state index is 0.289. The molecule has 0 aliphatic rings. The second-order valence-corrected chi connectivity index (χ2v) is 5.09. The Morgan fingerprint density at radius 1 is 0.850 bits per heavy atom. The summed E-state index contributed by atoms with van der Waals surface area (Å²) in [5, 5.41) is 0. The molecule has 0 unspecified atom stereocenters. The summed E-state index contributed by atoms with van der Waals surface area (Å²) in [7, 11) is 1.55. The number of ether oxygens (including phenoxy) is 1. The summed E-state index contributed by atoms with van der Waals surface area (Å²) in [5.74, 6) is -0.471. The topological polar surface area (TPSA) is 44.8 Å². The van der Waals surface area contributed by atoms with Crippen molar-refractivity contribution in [2.24, 2.45) is 0 Å². The zero-order valence-electron chi connectivity index (χ0n) is 13.3. The lowest BCUT2D eigenvalue weighted by Crippen LogP contribution is -2.15. The summed E-state index contributed by atoms with van der Waals surface area (Å²) >= 11 is 0. The second kappa shape index (κ2) is 6.86. The zero-order valence-corrected chi connectivity index (χ0v) is 13.3. The van der Waals surface area contributed by atoms with Crippen molar-refractivity contribution in [2.45, 2.75) is 41.5 Å². The zero-order chi connectivity index (χ0) is 15.4. The van der Waals surface area contributed by atoms with Crippen molar-refractivity contribution >= 4 is 5.97 Å². The Hall–Kier alpha value is -1.39. The summed E-state index contributed by atoms with van der Waals surface area (Å²) in [6, 6.07) is 0. The number of carbonyl (C=O) groups excluding carboxylic acids is 1. The number of methoxy groups -OCH3 is 1. The molecule has 0 heterocycles. The minimum Gasteiger partial charge on any atom is -0.381 e. The van der Waals surface area contributed by atoms with Crippen molar-refractivity contribution in [3.8, 4) is 0 Å². The molecule has 0 bridgehead atoms. The lowest BCUT2D eigenvalue weighted by Gasteiger charge is -2.17. The number of rotatable bonds is 5. The molecule has 0 N–H and O–H groups in total. The van der Waals surface area contributed by atoms with Crippen LogP contribution in [0, 0.1) is 40.7 Å². The largest absolute Gasteiger partial charge is 0.381 e. The van der Waals surface area contributed by atoms with Crippen molar-refractivity contribution in [1.29, 1.82) is 0 Å². The number of hydrogen-bond acceptors (Lipinski definition) is 4. The highest BCUT2D eigenvalue weighted by atomic mass is 17.2. The Kier molecular flexibility index (Phi) is 5.72. The van der Waals surface area contributed by atoms with Crippen LogP contribution in [0.4, 0.5) is 0 Å². The van der Waals surface area contributed by atoms with E-state index in [2.05, 4.69) is 6.92 Å². The second-order valence-electron chi connectivity index (χ2n) is 5.09. The fourth-order valence-corrected chi connectivity index (χ4v) is 2.18. The monoisotopic (exact) mass is 279 g/mol. The third-order valence-corrected chi connectivity index (χ3v) is 3.81. The van der Waals surface area contributed by atoms with Gasteiger partial charge in [-0.3, -0.25) is 4.89 Å². The van der Waals surface area contributed by atoms with Gasteiger partial charge < -0.3 is 4.74 Å². The van der Waals surface area contributed by atoms with E-state index in [1.54, 1.807) is 14.0 Å². The van der Waals surface area contributed by atoms with Gasteiger partial charge in [0.25, 0.3) is 0 Å². The van der Waals surface area contributed by atoms with Gasteiger partial charge >= 0.3 is 5.97 Å². The van der Waals surface area contributed by atoms with Crippen LogP contribution in [0.3, 0.4) is 0 Å². The summed E-state index contributed by atoms with van der Waals surface area (Å²) < 4.78 is 4.89. The molecule has 0 aromatic heterocycles. The highest BCUT2D eigenvalue weighted by molar-refractivity contribution is 5.93. The van der Waals surface area contributed by atoms with Crippen molar-refractivity contribution in [1.82, 2.24) is 0 Å². The third kappa shape index (κ3) is 3.38. The number of benzene rings is 1. The third-order valence-electron chi connectivity index (χ3n) is 3.81. The predicted molar refractivity (Wildman–Crippen MR) is 77.4 cm³/mol. The van der Waals surface area contributed by atoms with Crippen LogP contribution in [0.5, 0.6) is 0 Å². The van der Waals surface area contributed by atoms with Gasteiger partial charge in [0.2, 0.25) is 0 Å². The van der Waals surface area contributed by atoms with E-state index < -0.39 is 5.97 Å². The van der Waals surface area contributed by atoms with E-state index in [9.17, 15) is 4.79 Å². The van der Waals surface area contributed by atoms with Gasteiger partial charge in [0.1, 0.15) is 0 Å². The molecule has 4 heteroatoms. The number of hydrogen-bond donors (Lipinski definition) is 0. The van der Waals surface area contributed by atoms with Crippen LogP contribution in [0.15, 0.2) is 0 Å². The molecule has 0 amide bonds. The van der Waals surface area contributed by atoms with Crippen LogP contribution in [-0.4, -0.2) is 19.7 Å². The van der Waals surface area contributed by atoms with E-state index >= 15 is 0 Å². The van der Waals surface area contributed by atoms with Crippen LogP contribution in [0.2, 0.25) is 0 Å². The number of carbonyl (C=O) groups is 1. The fraction of sp³-hybridized carbons (Fsp3) is 0.500. The van der Waals surface area contributed by atoms with Crippen molar-refractivity contribution in [3.05, 3.63) is 39.5 Å². The average Bonchev–Trinajstić information content (AvgIpc) is 2.41. The van der Waals surface area contributed by atoms with Crippen molar-refractivity contribution < 1.29 is 19.3 Å². The molecule has 1 rings (SSSR count). The first-order valence-electron chi connectivity index (χ1n) is 6.58.